The van der Waals surface area contributed by atoms with E-state index in [4.69, 9.17) is 19.7 Å². The van der Waals surface area contributed by atoms with Gasteiger partial charge < -0.3 is 25.0 Å². The molecule has 0 amide bonds. The van der Waals surface area contributed by atoms with E-state index >= 15 is 0 Å². The lowest BCUT2D eigenvalue weighted by Crippen LogP contribution is -2.23. The summed E-state index contributed by atoms with van der Waals surface area (Å²) in [5.74, 6) is 2.56. The molecule has 7 nitrogen and oxygen atoms in total. The first kappa shape index (κ1) is 16.7. The topological polar surface area (TPSA) is 94.9 Å². The third kappa shape index (κ3) is 4.38. The summed E-state index contributed by atoms with van der Waals surface area (Å²) >= 11 is 0. The molecule has 0 aliphatic rings. The van der Waals surface area contributed by atoms with Crippen LogP contribution in [0.1, 0.15) is 31.2 Å². The summed E-state index contributed by atoms with van der Waals surface area (Å²) in [6.07, 6.45) is 0. The number of nitrogens with one attached hydrogen (secondary N) is 1. The van der Waals surface area contributed by atoms with E-state index in [1.165, 1.54) is 0 Å². The highest BCUT2D eigenvalue weighted by molar-refractivity contribution is 5.93. The lowest BCUT2D eigenvalue weighted by Gasteiger charge is -2.11. The Labute approximate surface area is 135 Å². The predicted molar refractivity (Wildman–Crippen MR) is 89.1 cm³/mol. The van der Waals surface area contributed by atoms with Crippen LogP contribution in [0.25, 0.3) is 0 Å². The molecule has 2 aromatic rings. The summed E-state index contributed by atoms with van der Waals surface area (Å²) in [5.41, 5.74) is 7.49. The molecule has 0 aliphatic heterocycles. The molecule has 7 heteroatoms. The van der Waals surface area contributed by atoms with Crippen LogP contribution in [0.15, 0.2) is 33.8 Å². The number of hydrogen-bond donors (Lipinski definition) is 2. The van der Waals surface area contributed by atoms with Crippen LogP contribution in [-0.2, 0) is 6.54 Å². The number of rotatable bonds is 6. The summed E-state index contributed by atoms with van der Waals surface area (Å²) in [6, 6.07) is 7.26. The first-order valence-corrected chi connectivity index (χ1v) is 7.28. The maximum atomic E-state index is 5.92. The van der Waals surface area contributed by atoms with Crippen molar-refractivity contribution in [1.82, 2.24) is 5.16 Å². The van der Waals surface area contributed by atoms with Crippen LogP contribution in [0.2, 0.25) is 0 Å². The van der Waals surface area contributed by atoms with E-state index < -0.39 is 0 Å². The number of anilines is 1. The zero-order chi connectivity index (χ0) is 16.8. The van der Waals surface area contributed by atoms with E-state index in [-0.39, 0.29) is 5.96 Å². The van der Waals surface area contributed by atoms with Gasteiger partial charge in [0.05, 0.1) is 25.6 Å². The third-order valence-corrected chi connectivity index (χ3v) is 3.24. The summed E-state index contributed by atoms with van der Waals surface area (Å²) in [4.78, 5) is 4.25. The molecule has 0 saturated heterocycles. The monoisotopic (exact) mass is 318 g/mol. The maximum Gasteiger partial charge on any atom is 0.193 e. The Morgan fingerprint density at radius 2 is 2.09 bits per heavy atom. The summed E-state index contributed by atoms with van der Waals surface area (Å²) in [6.45, 7) is 4.41. The van der Waals surface area contributed by atoms with Gasteiger partial charge in [-0.3, -0.25) is 0 Å². The number of guanidine groups is 1. The molecule has 0 fully saturated rings. The molecular formula is C16H22N4O3. The molecule has 0 aliphatic carbocycles. The lowest BCUT2D eigenvalue weighted by molar-refractivity contribution is 0.376. The van der Waals surface area contributed by atoms with Crippen LogP contribution in [-0.4, -0.2) is 25.3 Å². The number of hydrogen-bond acceptors (Lipinski definition) is 5. The number of nitrogens with two attached hydrogens (primary N) is 1. The first-order chi connectivity index (χ1) is 11.0. The summed E-state index contributed by atoms with van der Waals surface area (Å²) in [7, 11) is 3.18. The zero-order valence-electron chi connectivity index (χ0n) is 13.8. The molecule has 1 aromatic heterocycles. The average molecular weight is 318 g/mol. The summed E-state index contributed by atoms with van der Waals surface area (Å²) < 4.78 is 15.7. The highest BCUT2D eigenvalue weighted by atomic mass is 16.5. The number of benzene rings is 1. The largest absolute Gasteiger partial charge is 0.497 e. The average Bonchev–Trinajstić information content (AvgIpc) is 3.02. The van der Waals surface area contributed by atoms with Gasteiger partial charge in [0.15, 0.2) is 11.7 Å². The van der Waals surface area contributed by atoms with E-state index in [2.05, 4.69) is 29.3 Å². The molecule has 3 N–H and O–H groups in total. The molecular weight excluding hydrogens is 296 g/mol. The van der Waals surface area contributed by atoms with Crippen molar-refractivity contribution in [3.05, 3.63) is 35.7 Å². The Kier molecular flexibility index (Phi) is 5.46. The maximum absolute atomic E-state index is 5.92. The van der Waals surface area contributed by atoms with Crippen LogP contribution >= 0.6 is 0 Å². The van der Waals surface area contributed by atoms with Crippen molar-refractivity contribution in [2.24, 2.45) is 10.7 Å². The van der Waals surface area contributed by atoms with Crippen LogP contribution < -0.4 is 20.5 Å². The predicted octanol–water partition coefficient (Wildman–Crippen LogP) is 2.74. The minimum Gasteiger partial charge on any atom is -0.497 e. The Hall–Kier alpha value is -2.70. The molecule has 1 aromatic carbocycles. The molecule has 0 bridgehead atoms. The van der Waals surface area contributed by atoms with Gasteiger partial charge in [0.1, 0.15) is 18.0 Å². The van der Waals surface area contributed by atoms with Gasteiger partial charge in [-0.05, 0) is 18.1 Å². The zero-order valence-corrected chi connectivity index (χ0v) is 13.8. The van der Waals surface area contributed by atoms with Crippen molar-refractivity contribution in [3.8, 4) is 11.5 Å². The van der Waals surface area contributed by atoms with Crippen molar-refractivity contribution in [3.63, 3.8) is 0 Å². The van der Waals surface area contributed by atoms with E-state index in [1.807, 2.05) is 6.07 Å². The van der Waals surface area contributed by atoms with Gasteiger partial charge in [-0.25, -0.2) is 4.99 Å². The summed E-state index contributed by atoms with van der Waals surface area (Å²) in [5, 5.41) is 6.98. The third-order valence-electron chi connectivity index (χ3n) is 3.24. The fourth-order valence-electron chi connectivity index (χ4n) is 1.93. The standard InChI is InChI=1S/C16H22N4O3/c1-10(2)13-8-12(23-20-13)9-18-16(17)19-14-7-11(21-3)5-6-15(14)22-4/h5-8,10H,9H2,1-4H3,(H3,17,18,19). The molecule has 0 saturated carbocycles. The molecule has 2 rings (SSSR count). The van der Waals surface area contributed by atoms with E-state index in [0.29, 0.717) is 35.4 Å². The second-order valence-electron chi connectivity index (χ2n) is 5.27. The van der Waals surface area contributed by atoms with Gasteiger partial charge in [-0.15, -0.1) is 0 Å². The van der Waals surface area contributed by atoms with Crippen LogP contribution in [0.3, 0.4) is 0 Å². The molecule has 1 heterocycles. The van der Waals surface area contributed by atoms with Gasteiger partial charge in [-0.2, -0.15) is 0 Å². The highest BCUT2D eigenvalue weighted by Crippen LogP contribution is 2.28. The van der Waals surface area contributed by atoms with Gasteiger partial charge in [-0.1, -0.05) is 19.0 Å². The van der Waals surface area contributed by atoms with Gasteiger partial charge >= 0.3 is 0 Å². The molecule has 0 atom stereocenters. The number of aliphatic imine (C=N–C) groups is 1. The van der Waals surface area contributed by atoms with Gasteiger partial charge in [0.2, 0.25) is 0 Å². The van der Waals surface area contributed by atoms with Crippen molar-refractivity contribution < 1.29 is 14.0 Å². The van der Waals surface area contributed by atoms with Gasteiger partial charge in [0.25, 0.3) is 0 Å². The van der Waals surface area contributed by atoms with Gasteiger partial charge in [0, 0.05) is 12.1 Å². The quantitative estimate of drug-likeness (QED) is 0.628. The van der Waals surface area contributed by atoms with E-state index in [0.717, 1.165) is 5.69 Å². The van der Waals surface area contributed by atoms with E-state index in [9.17, 15) is 0 Å². The SMILES string of the molecule is COc1ccc(OC)c(NC(N)=NCc2cc(C(C)C)no2)c1. The molecule has 0 unspecified atom stereocenters. The van der Waals surface area contributed by atoms with E-state index in [1.54, 1.807) is 32.4 Å². The highest BCUT2D eigenvalue weighted by Gasteiger charge is 2.08. The number of ether oxygens (including phenoxy) is 2. The molecule has 0 spiro atoms. The number of methoxy groups -OCH3 is 2. The minimum absolute atomic E-state index is 0.249. The van der Waals surface area contributed by atoms with Crippen molar-refractivity contribution in [2.45, 2.75) is 26.3 Å². The molecule has 0 radical (unpaired) electrons. The smallest absolute Gasteiger partial charge is 0.193 e. The fourth-order valence-corrected chi connectivity index (χ4v) is 1.93. The Bertz CT molecular complexity index is 680. The minimum atomic E-state index is 0.249. The Morgan fingerprint density at radius 3 is 2.70 bits per heavy atom. The second kappa shape index (κ2) is 7.53. The van der Waals surface area contributed by atoms with Crippen molar-refractivity contribution in [2.75, 3.05) is 19.5 Å². The van der Waals surface area contributed by atoms with Crippen molar-refractivity contribution in [1.29, 1.82) is 0 Å². The van der Waals surface area contributed by atoms with Crippen LogP contribution in [0.4, 0.5) is 5.69 Å². The Morgan fingerprint density at radius 1 is 1.30 bits per heavy atom. The second-order valence-corrected chi connectivity index (χ2v) is 5.27. The number of nitrogens with zero attached hydrogens (tertiary/aromatic N) is 2. The number of aromatic nitrogens is 1. The first-order valence-electron chi connectivity index (χ1n) is 7.28. The van der Waals surface area contributed by atoms with Crippen molar-refractivity contribution >= 4 is 11.6 Å². The fraction of sp³-hybridized carbons (Fsp3) is 0.375. The lowest BCUT2D eigenvalue weighted by atomic mass is 10.1. The normalized spacial score (nSPS) is 11.6. The Balaban J connectivity index is 2.06. The van der Waals surface area contributed by atoms with Crippen LogP contribution in [0.5, 0.6) is 11.5 Å². The van der Waals surface area contributed by atoms with Crippen LogP contribution in [0, 0.1) is 0 Å². The molecule has 124 valence electrons. The molecule has 23 heavy (non-hydrogen) atoms.